The number of furan rings is 1. The number of carbonyl (C=O) groups is 2. The number of hydrogen-bond donors (Lipinski definition) is 1. The lowest BCUT2D eigenvalue weighted by molar-refractivity contribution is 0.0588. The predicted molar refractivity (Wildman–Crippen MR) is 324 cm³/mol. The average molecular weight is 1190 g/mol. The molecule has 0 saturated heterocycles. The number of aryl methyl sites for hydroxylation is 2. The Balaban J connectivity index is 0.000000261. The number of halogens is 1. The van der Waals surface area contributed by atoms with Gasteiger partial charge in [0.1, 0.15) is 74.4 Å². The summed E-state index contributed by atoms with van der Waals surface area (Å²) in [5, 5.41) is 10.6. The third kappa shape index (κ3) is 17.1. The molecule has 15 heteroatoms. The molecule has 0 unspecified atom stereocenters. The summed E-state index contributed by atoms with van der Waals surface area (Å²) < 4.78 is 59.8. The summed E-state index contributed by atoms with van der Waals surface area (Å²) >= 11 is 3.71. The molecule has 7 rings (SSSR count). The number of rotatable bonds is 27. The first-order valence-corrected chi connectivity index (χ1v) is 31.5. The van der Waals surface area contributed by atoms with Crippen molar-refractivity contribution in [3.8, 4) is 68.8 Å². The summed E-state index contributed by atoms with van der Waals surface area (Å²) in [6.07, 6.45) is 7.90. The van der Waals surface area contributed by atoms with Gasteiger partial charge in [0.15, 0.2) is 0 Å². The molecule has 432 valence electrons. The Morgan fingerprint density at radius 2 is 0.988 bits per heavy atom. The quantitative estimate of drug-likeness (QED) is 0.0296. The highest BCUT2D eigenvalue weighted by molar-refractivity contribution is 9.10. The molecule has 7 aromatic rings. The minimum atomic E-state index is -2.00. The monoisotopic (exact) mass is 1190 g/mol. The third-order valence-electron chi connectivity index (χ3n) is 13.8. The number of para-hydroxylation sites is 2. The van der Waals surface area contributed by atoms with Crippen LogP contribution in [0.2, 0.25) is 18.1 Å². The minimum Gasteiger partial charge on any atom is -0.543 e. The zero-order valence-electron chi connectivity index (χ0n) is 48.8. The molecule has 0 aliphatic heterocycles. The van der Waals surface area contributed by atoms with Gasteiger partial charge in [-0.15, -0.1) is 0 Å². The molecule has 13 nitrogen and oxygen atoms in total. The van der Waals surface area contributed by atoms with Gasteiger partial charge >= 0.3 is 11.9 Å². The van der Waals surface area contributed by atoms with Crippen molar-refractivity contribution < 1.29 is 61.4 Å². The number of benzene rings is 6. The van der Waals surface area contributed by atoms with E-state index in [1.54, 1.807) is 54.8 Å². The van der Waals surface area contributed by atoms with Gasteiger partial charge in [-0.05, 0) is 144 Å². The summed E-state index contributed by atoms with van der Waals surface area (Å²) in [5.74, 6) is 5.86. The molecule has 0 atom stereocenters. The fourth-order valence-corrected chi connectivity index (χ4v) is 10.1. The number of aromatic hydroxyl groups is 1. The van der Waals surface area contributed by atoms with Crippen molar-refractivity contribution in [2.75, 3.05) is 40.6 Å². The van der Waals surface area contributed by atoms with Gasteiger partial charge in [0, 0.05) is 36.1 Å². The molecule has 0 saturated carbocycles. The molecule has 0 spiro atoms. The highest BCUT2D eigenvalue weighted by atomic mass is 79.9. The molecular weight excluding hydrogens is 1110 g/mol. The first-order valence-electron chi connectivity index (χ1n) is 27.8. The van der Waals surface area contributed by atoms with Crippen LogP contribution < -0.4 is 32.8 Å². The molecule has 0 aliphatic carbocycles. The van der Waals surface area contributed by atoms with Crippen molar-refractivity contribution >= 4 is 36.2 Å². The molecule has 1 heterocycles. The van der Waals surface area contributed by atoms with Gasteiger partial charge in [0.2, 0.25) is 0 Å². The molecule has 0 radical (unpaired) electrons. The van der Waals surface area contributed by atoms with E-state index < -0.39 is 20.3 Å². The zero-order valence-corrected chi connectivity index (χ0v) is 51.4. The van der Waals surface area contributed by atoms with Gasteiger partial charge in [-0.25, -0.2) is 9.59 Å². The smallest absolute Gasteiger partial charge is 0.341 e. The van der Waals surface area contributed by atoms with Crippen molar-refractivity contribution in [3.63, 3.8) is 0 Å². The second-order valence-corrected chi connectivity index (χ2v) is 26.2. The molecule has 81 heavy (non-hydrogen) atoms. The lowest BCUT2D eigenvalue weighted by atomic mass is 10.0. The Morgan fingerprint density at radius 1 is 0.543 bits per heavy atom. The number of esters is 2. The number of phenols is 1. The van der Waals surface area contributed by atoms with Crippen LogP contribution in [0.25, 0.3) is 11.3 Å². The molecular formula is C66H79BrO13Si. The van der Waals surface area contributed by atoms with Crippen molar-refractivity contribution in [3.05, 3.63) is 165 Å². The van der Waals surface area contributed by atoms with Gasteiger partial charge in [-0.3, -0.25) is 0 Å². The van der Waals surface area contributed by atoms with E-state index in [2.05, 4.69) is 76.6 Å². The van der Waals surface area contributed by atoms with Crippen LogP contribution in [0.1, 0.15) is 117 Å². The largest absolute Gasteiger partial charge is 0.543 e. The van der Waals surface area contributed by atoms with Crippen LogP contribution in [0.15, 0.2) is 136 Å². The van der Waals surface area contributed by atoms with Crippen LogP contribution in [0, 0.1) is 0 Å². The maximum Gasteiger partial charge on any atom is 0.341 e. The summed E-state index contributed by atoms with van der Waals surface area (Å²) in [5.41, 5.74) is 5.41. The first-order chi connectivity index (χ1) is 39.0. The first kappa shape index (κ1) is 62.8. The lowest BCUT2D eigenvalue weighted by Crippen LogP contribution is -2.43. The average Bonchev–Trinajstić information content (AvgIpc) is 4.07. The predicted octanol–water partition coefficient (Wildman–Crippen LogP) is 17.4. The summed E-state index contributed by atoms with van der Waals surface area (Å²) in [7, 11) is 0.711. The number of ether oxygens (including phenoxy) is 8. The standard InChI is InChI=1S/C34H45BrO6Si.C32H34O7/c1-9-15-25-28(18-13-19-29(25)40-30-17-12-11-16-26(30)33(36)37-6)38-20-14-21-39-31-23-32(27(35)22-24(31)10-2)41-42(7,8)34(3,4)5;1-4-11-23-27(14-8-15-29(23)39-30-13-7-6-12-24(30)32(34)35-3)37-18-10-19-38-31-21-26(33)25(20-22(31)5-2)28-16-9-17-36-28/h11-13,16-19,22-23H,9-10,14-15,20-21H2,1-8H3;6-9,12-17,20-21,33H,4-5,10-11,18-19H2,1-3H3. The third-order valence-corrected chi connectivity index (χ3v) is 18.8. The highest BCUT2D eigenvalue weighted by Crippen LogP contribution is 2.43. The van der Waals surface area contributed by atoms with E-state index in [-0.39, 0.29) is 10.8 Å². The van der Waals surface area contributed by atoms with Crippen LogP contribution in [-0.4, -0.2) is 66.0 Å². The van der Waals surface area contributed by atoms with Gasteiger partial charge < -0.3 is 51.8 Å². The second kappa shape index (κ2) is 30.5. The van der Waals surface area contributed by atoms with Crippen molar-refractivity contribution in [2.45, 2.75) is 118 Å². The van der Waals surface area contributed by atoms with Crippen LogP contribution in [0.4, 0.5) is 0 Å². The molecule has 0 amide bonds. The lowest BCUT2D eigenvalue weighted by Gasteiger charge is -2.37. The van der Waals surface area contributed by atoms with E-state index in [0.29, 0.717) is 90.5 Å². The molecule has 1 aromatic heterocycles. The van der Waals surface area contributed by atoms with Crippen LogP contribution in [0.5, 0.6) is 57.5 Å². The number of hydrogen-bond acceptors (Lipinski definition) is 13. The van der Waals surface area contributed by atoms with Crippen molar-refractivity contribution in [2.24, 2.45) is 0 Å². The molecule has 6 aromatic carbocycles. The van der Waals surface area contributed by atoms with E-state index in [4.69, 9.17) is 46.7 Å². The minimum absolute atomic E-state index is 0.0952. The van der Waals surface area contributed by atoms with E-state index in [1.807, 2.05) is 73.7 Å². The second-order valence-electron chi connectivity index (χ2n) is 20.7. The topological polar surface area (TPSA) is 151 Å². The van der Waals surface area contributed by atoms with Gasteiger partial charge in [-0.2, -0.15) is 0 Å². The number of carbonyl (C=O) groups excluding carboxylic acids is 2. The fourth-order valence-electron chi connectivity index (χ4n) is 8.44. The van der Waals surface area contributed by atoms with E-state index in [1.165, 1.54) is 14.2 Å². The van der Waals surface area contributed by atoms with E-state index >= 15 is 0 Å². The maximum absolute atomic E-state index is 12.2. The summed E-state index contributed by atoms with van der Waals surface area (Å²) in [6.45, 7) is 21.4. The Hall–Kier alpha value is -7.36. The molecule has 0 fully saturated rings. The van der Waals surface area contributed by atoms with Crippen LogP contribution in [-0.2, 0) is 35.2 Å². The van der Waals surface area contributed by atoms with Gasteiger partial charge in [0.25, 0.3) is 8.32 Å². The summed E-state index contributed by atoms with van der Waals surface area (Å²) in [6, 6.07) is 36.8. The van der Waals surface area contributed by atoms with E-state index in [0.717, 1.165) is 88.2 Å². The highest BCUT2D eigenvalue weighted by Gasteiger charge is 2.39. The van der Waals surface area contributed by atoms with Crippen molar-refractivity contribution in [1.29, 1.82) is 0 Å². The van der Waals surface area contributed by atoms with E-state index in [9.17, 15) is 14.7 Å². The Morgan fingerprint density at radius 3 is 1.43 bits per heavy atom. The molecule has 0 aliphatic rings. The normalized spacial score (nSPS) is 11.2. The van der Waals surface area contributed by atoms with Crippen LogP contribution in [0.3, 0.4) is 0 Å². The number of phenolic OH excluding ortho intramolecular Hbond substituents is 1. The fraction of sp³-hybridized carbons (Fsp3) is 0.364. The zero-order chi connectivity index (χ0) is 58.5. The van der Waals surface area contributed by atoms with Gasteiger partial charge in [-0.1, -0.05) is 97.7 Å². The van der Waals surface area contributed by atoms with Crippen molar-refractivity contribution in [1.82, 2.24) is 0 Å². The Kier molecular flexibility index (Phi) is 23.6. The Bertz CT molecular complexity index is 3150. The maximum atomic E-state index is 12.2. The summed E-state index contributed by atoms with van der Waals surface area (Å²) in [4.78, 5) is 24.4. The SMILES string of the molecule is CCCc1c(OCCCOc2cc(O)c(-c3ccco3)cc2CC)cccc1Oc1ccccc1C(=O)OC.CCCc1c(OCCCOc2cc(O[Si](C)(C)C(C)(C)C)c(Br)cc2CC)cccc1Oc1ccccc1C(=O)OC. The Labute approximate surface area is 488 Å². The van der Waals surface area contributed by atoms with Crippen LogP contribution >= 0.6 is 15.9 Å². The number of methoxy groups -OCH3 is 2. The molecule has 0 bridgehead atoms. The van der Waals surface area contributed by atoms with Gasteiger partial charge in [0.05, 0.1) is 56.9 Å². The molecule has 1 N–H and O–H groups in total.